The zero-order valence-electron chi connectivity index (χ0n) is 11.3. The SMILES string of the molecule is NCCc1ccc(Sc2ncnc3ccccc23)c(Cl)c1. The van der Waals surface area contributed by atoms with Crippen LogP contribution in [-0.2, 0) is 6.42 Å². The summed E-state index contributed by atoms with van der Waals surface area (Å²) < 4.78 is 0. The summed E-state index contributed by atoms with van der Waals surface area (Å²) in [6, 6.07) is 14.0. The standard InChI is InChI=1S/C16H14ClN3S/c17-13-9-11(7-8-18)5-6-15(13)21-16-12-3-1-2-4-14(12)19-10-20-16/h1-6,9-10H,7-8,18H2. The van der Waals surface area contributed by atoms with E-state index in [1.54, 1.807) is 18.1 Å². The Kier molecular flexibility index (Phi) is 4.39. The highest BCUT2D eigenvalue weighted by molar-refractivity contribution is 7.99. The van der Waals surface area contributed by atoms with Crippen molar-refractivity contribution in [2.24, 2.45) is 5.73 Å². The van der Waals surface area contributed by atoms with E-state index in [0.29, 0.717) is 6.54 Å². The highest BCUT2D eigenvalue weighted by Gasteiger charge is 2.08. The fourth-order valence-corrected chi connectivity index (χ4v) is 3.32. The maximum absolute atomic E-state index is 6.36. The molecule has 1 heterocycles. The van der Waals surface area contributed by atoms with Crippen molar-refractivity contribution in [3.63, 3.8) is 0 Å². The van der Waals surface area contributed by atoms with Crippen LogP contribution in [0.5, 0.6) is 0 Å². The molecule has 106 valence electrons. The number of halogens is 1. The Morgan fingerprint density at radius 1 is 1.10 bits per heavy atom. The molecule has 0 saturated carbocycles. The summed E-state index contributed by atoms with van der Waals surface area (Å²) in [5.74, 6) is 0. The normalized spacial score (nSPS) is 11.0. The number of para-hydroxylation sites is 1. The molecule has 1 aromatic heterocycles. The number of aromatic nitrogens is 2. The second-order valence-electron chi connectivity index (χ2n) is 4.60. The van der Waals surface area contributed by atoms with E-state index in [4.69, 9.17) is 17.3 Å². The highest BCUT2D eigenvalue weighted by Crippen LogP contribution is 2.35. The molecule has 0 aliphatic rings. The quantitative estimate of drug-likeness (QED) is 0.741. The molecule has 0 radical (unpaired) electrons. The number of benzene rings is 2. The van der Waals surface area contributed by atoms with Gasteiger partial charge in [-0.15, -0.1) is 0 Å². The topological polar surface area (TPSA) is 51.8 Å². The monoisotopic (exact) mass is 315 g/mol. The Bertz CT molecular complexity index is 771. The Morgan fingerprint density at radius 2 is 1.95 bits per heavy atom. The molecule has 0 unspecified atom stereocenters. The molecule has 0 spiro atoms. The van der Waals surface area contributed by atoms with Gasteiger partial charge in [0, 0.05) is 10.3 Å². The van der Waals surface area contributed by atoms with Crippen LogP contribution in [0.25, 0.3) is 10.9 Å². The fraction of sp³-hybridized carbons (Fsp3) is 0.125. The number of hydrogen-bond acceptors (Lipinski definition) is 4. The summed E-state index contributed by atoms with van der Waals surface area (Å²) in [7, 11) is 0. The van der Waals surface area contributed by atoms with Crippen LogP contribution in [0.4, 0.5) is 0 Å². The van der Waals surface area contributed by atoms with Crippen LogP contribution < -0.4 is 5.73 Å². The summed E-state index contributed by atoms with van der Waals surface area (Å²) in [4.78, 5) is 9.64. The molecule has 21 heavy (non-hydrogen) atoms. The van der Waals surface area contributed by atoms with Gasteiger partial charge in [0.2, 0.25) is 0 Å². The second-order valence-corrected chi connectivity index (χ2v) is 6.04. The minimum Gasteiger partial charge on any atom is -0.330 e. The van der Waals surface area contributed by atoms with E-state index in [9.17, 15) is 0 Å². The van der Waals surface area contributed by atoms with E-state index in [-0.39, 0.29) is 0 Å². The molecule has 2 N–H and O–H groups in total. The van der Waals surface area contributed by atoms with E-state index in [1.165, 1.54) is 0 Å². The largest absolute Gasteiger partial charge is 0.330 e. The highest BCUT2D eigenvalue weighted by atomic mass is 35.5. The van der Waals surface area contributed by atoms with E-state index in [0.717, 1.165) is 37.8 Å². The van der Waals surface area contributed by atoms with Crippen LogP contribution in [0.1, 0.15) is 5.56 Å². The van der Waals surface area contributed by atoms with E-state index in [1.807, 2.05) is 36.4 Å². The van der Waals surface area contributed by atoms with E-state index >= 15 is 0 Å². The summed E-state index contributed by atoms with van der Waals surface area (Å²) in [5, 5.41) is 2.68. The number of nitrogens with two attached hydrogens (primary N) is 1. The van der Waals surface area contributed by atoms with Crippen molar-refractivity contribution in [3.8, 4) is 0 Å². The molecular weight excluding hydrogens is 302 g/mol. The van der Waals surface area contributed by atoms with Crippen LogP contribution in [0, 0.1) is 0 Å². The third kappa shape index (κ3) is 3.18. The Labute approximate surface area is 132 Å². The van der Waals surface area contributed by atoms with Crippen LogP contribution in [0.2, 0.25) is 5.02 Å². The van der Waals surface area contributed by atoms with Crippen molar-refractivity contribution in [1.29, 1.82) is 0 Å². The van der Waals surface area contributed by atoms with E-state index in [2.05, 4.69) is 16.0 Å². The first-order valence-electron chi connectivity index (χ1n) is 6.64. The van der Waals surface area contributed by atoms with Gasteiger partial charge >= 0.3 is 0 Å². The van der Waals surface area contributed by atoms with Gasteiger partial charge in [-0.05, 0) is 36.7 Å². The van der Waals surface area contributed by atoms with Crippen molar-refractivity contribution in [3.05, 3.63) is 59.4 Å². The average molecular weight is 316 g/mol. The number of rotatable bonds is 4. The molecule has 3 aromatic rings. The minimum absolute atomic E-state index is 0.624. The summed E-state index contributed by atoms with van der Waals surface area (Å²) in [6.07, 6.45) is 2.42. The third-order valence-electron chi connectivity index (χ3n) is 3.14. The molecule has 0 aliphatic carbocycles. The van der Waals surface area contributed by atoms with Gasteiger partial charge in [0.1, 0.15) is 11.4 Å². The molecule has 2 aromatic carbocycles. The summed E-state index contributed by atoms with van der Waals surface area (Å²) >= 11 is 7.92. The zero-order valence-corrected chi connectivity index (χ0v) is 12.9. The van der Waals surface area contributed by atoms with Crippen molar-refractivity contribution in [1.82, 2.24) is 9.97 Å². The van der Waals surface area contributed by atoms with Crippen molar-refractivity contribution < 1.29 is 0 Å². The molecule has 3 rings (SSSR count). The maximum Gasteiger partial charge on any atom is 0.117 e. The zero-order chi connectivity index (χ0) is 14.7. The van der Waals surface area contributed by atoms with Gasteiger partial charge in [-0.25, -0.2) is 9.97 Å². The summed E-state index contributed by atoms with van der Waals surface area (Å²) in [5.41, 5.74) is 7.66. The van der Waals surface area contributed by atoms with Gasteiger partial charge < -0.3 is 5.73 Å². The lowest BCUT2D eigenvalue weighted by molar-refractivity contribution is 0.966. The number of fused-ring (bicyclic) bond motifs is 1. The summed E-state index contributed by atoms with van der Waals surface area (Å²) in [6.45, 7) is 0.624. The predicted molar refractivity (Wildman–Crippen MR) is 87.9 cm³/mol. The van der Waals surface area contributed by atoms with Gasteiger partial charge in [0.05, 0.1) is 10.5 Å². The van der Waals surface area contributed by atoms with Crippen molar-refractivity contribution in [2.45, 2.75) is 16.3 Å². The first kappa shape index (κ1) is 14.3. The lowest BCUT2D eigenvalue weighted by Crippen LogP contribution is -2.02. The van der Waals surface area contributed by atoms with Crippen molar-refractivity contribution in [2.75, 3.05) is 6.54 Å². The molecule has 0 saturated heterocycles. The van der Waals surface area contributed by atoms with Crippen LogP contribution in [0.15, 0.2) is 58.7 Å². The molecule has 0 amide bonds. The maximum atomic E-state index is 6.36. The Hall–Kier alpha value is -1.62. The molecule has 0 aliphatic heterocycles. The minimum atomic E-state index is 0.624. The lowest BCUT2D eigenvalue weighted by atomic mass is 10.1. The number of nitrogens with zero attached hydrogens (tertiary/aromatic N) is 2. The predicted octanol–water partition coefficient (Wildman–Crippen LogP) is 3.94. The first-order chi connectivity index (χ1) is 10.3. The molecule has 0 fully saturated rings. The van der Waals surface area contributed by atoms with Gasteiger partial charge in [-0.3, -0.25) is 0 Å². The molecule has 3 nitrogen and oxygen atoms in total. The second kappa shape index (κ2) is 6.43. The van der Waals surface area contributed by atoms with Gasteiger partial charge in [0.15, 0.2) is 0 Å². The van der Waals surface area contributed by atoms with Gasteiger partial charge in [-0.1, -0.05) is 47.6 Å². The average Bonchev–Trinajstić information content (AvgIpc) is 2.51. The first-order valence-corrected chi connectivity index (χ1v) is 7.83. The number of hydrogen-bond donors (Lipinski definition) is 1. The molecule has 5 heteroatoms. The third-order valence-corrected chi connectivity index (χ3v) is 4.66. The molecule has 0 bridgehead atoms. The van der Waals surface area contributed by atoms with Crippen molar-refractivity contribution >= 4 is 34.3 Å². The van der Waals surface area contributed by atoms with Crippen LogP contribution in [0.3, 0.4) is 0 Å². The molecule has 0 atom stereocenters. The Balaban J connectivity index is 1.95. The van der Waals surface area contributed by atoms with Gasteiger partial charge in [-0.2, -0.15) is 0 Å². The lowest BCUT2D eigenvalue weighted by Gasteiger charge is -2.07. The fourth-order valence-electron chi connectivity index (χ4n) is 2.11. The Morgan fingerprint density at radius 3 is 2.76 bits per heavy atom. The molecular formula is C16H14ClN3S. The van der Waals surface area contributed by atoms with Crippen LogP contribution in [-0.4, -0.2) is 16.5 Å². The van der Waals surface area contributed by atoms with Gasteiger partial charge in [0.25, 0.3) is 0 Å². The smallest absolute Gasteiger partial charge is 0.117 e. The van der Waals surface area contributed by atoms with E-state index < -0.39 is 0 Å². The van der Waals surface area contributed by atoms with Crippen LogP contribution >= 0.6 is 23.4 Å².